The molecule has 2 heterocycles. The number of hydrogen-bond donors (Lipinski definition) is 0. The van der Waals surface area contributed by atoms with Crippen molar-refractivity contribution in [2.45, 2.75) is 70.6 Å². The van der Waals surface area contributed by atoms with E-state index in [0.29, 0.717) is 0 Å². The fourth-order valence-electron chi connectivity index (χ4n) is 10.4. The summed E-state index contributed by atoms with van der Waals surface area (Å²) in [5.74, 6) is 0. The summed E-state index contributed by atoms with van der Waals surface area (Å²) in [5.41, 5.74) is 18.6. The lowest BCUT2D eigenvalue weighted by Gasteiger charge is -2.42. The maximum absolute atomic E-state index is 2.58. The Morgan fingerprint density at radius 2 is 0.945 bits per heavy atom. The molecule has 0 bridgehead atoms. The number of aromatic nitrogens is 2. The van der Waals surface area contributed by atoms with Gasteiger partial charge in [-0.1, -0.05) is 139 Å². The molecule has 0 saturated carbocycles. The van der Waals surface area contributed by atoms with Crippen LogP contribution in [0.2, 0.25) is 0 Å². The Morgan fingerprint density at radius 1 is 0.382 bits per heavy atom. The highest BCUT2D eigenvalue weighted by atomic mass is 15.0. The standard InChI is InChI=1S/C53H46N2/c1-51(2)28-29-52(3,4)46-32-48-42(31-45(46)51)40-26-25-39-38-17-11-13-19-47(38)54(35-14-8-7-9-15-35)49(39)50(40)55(48)36-23-20-33(21-24-36)34-22-27-44-41(30-34)37-16-10-12-18-43(37)53(44,5)6/h7-27,30-32H,28-29H2,1-6H3. The van der Waals surface area contributed by atoms with Crippen molar-refractivity contribution < 1.29 is 0 Å². The van der Waals surface area contributed by atoms with E-state index in [4.69, 9.17) is 0 Å². The van der Waals surface area contributed by atoms with Crippen molar-refractivity contribution in [2.24, 2.45) is 0 Å². The van der Waals surface area contributed by atoms with E-state index in [1.807, 2.05) is 0 Å². The van der Waals surface area contributed by atoms with Crippen molar-refractivity contribution in [3.8, 4) is 33.6 Å². The molecule has 0 aliphatic heterocycles. The molecule has 0 amide bonds. The van der Waals surface area contributed by atoms with Crippen LogP contribution in [0.4, 0.5) is 0 Å². The topological polar surface area (TPSA) is 9.86 Å². The van der Waals surface area contributed by atoms with Crippen molar-refractivity contribution >= 4 is 43.6 Å². The third-order valence-corrected chi connectivity index (χ3v) is 13.6. The fraction of sp³-hybridized carbons (Fsp3) is 0.208. The van der Waals surface area contributed by atoms with Crippen LogP contribution in [0.5, 0.6) is 0 Å². The first-order chi connectivity index (χ1) is 26.5. The number of hydrogen-bond acceptors (Lipinski definition) is 0. The molecule has 268 valence electrons. The second-order valence-electron chi connectivity index (χ2n) is 18.0. The third kappa shape index (κ3) is 4.49. The summed E-state index contributed by atoms with van der Waals surface area (Å²) >= 11 is 0. The van der Waals surface area contributed by atoms with Gasteiger partial charge in [0.05, 0.1) is 22.1 Å². The zero-order chi connectivity index (χ0) is 37.4. The van der Waals surface area contributed by atoms with Gasteiger partial charge in [0.2, 0.25) is 0 Å². The maximum Gasteiger partial charge on any atom is 0.0788 e. The largest absolute Gasteiger partial charge is 0.307 e. The van der Waals surface area contributed by atoms with E-state index in [1.165, 1.54) is 112 Å². The Bertz CT molecular complexity index is 3040. The van der Waals surface area contributed by atoms with Crippen molar-refractivity contribution in [1.29, 1.82) is 0 Å². The molecular formula is C53H46N2. The van der Waals surface area contributed by atoms with Crippen molar-refractivity contribution in [1.82, 2.24) is 9.13 Å². The molecule has 0 N–H and O–H groups in total. The summed E-state index contributed by atoms with van der Waals surface area (Å²) in [4.78, 5) is 0. The third-order valence-electron chi connectivity index (χ3n) is 13.6. The van der Waals surface area contributed by atoms with E-state index in [2.05, 4.69) is 196 Å². The summed E-state index contributed by atoms with van der Waals surface area (Å²) in [6.07, 6.45) is 2.37. The lowest BCUT2D eigenvalue weighted by Crippen LogP contribution is -2.33. The zero-order valence-electron chi connectivity index (χ0n) is 32.7. The predicted octanol–water partition coefficient (Wildman–Crippen LogP) is 14.2. The van der Waals surface area contributed by atoms with Crippen LogP contribution in [0.1, 0.15) is 76.6 Å². The van der Waals surface area contributed by atoms with Crippen LogP contribution in [-0.4, -0.2) is 9.13 Å². The molecule has 0 radical (unpaired) electrons. The first kappa shape index (κ1) is 32.6. The fourth-order valence-corrected chi connectivity index (χ4v) is 10.4. The van der Waals surface area contributed by atoms with Crippen LogP contribution in [-0.2, 0) is 16.2 Å². The first-order valence-electron chi connectivity index (χ1n) is 20.0. The lowest BCUT2D eigenvalue weighted by atomic mass is 9.63. The maximum atomic E-state index is 2.58. The second-order valence-corrected chi connectivity index (χ2v) is 18.0. The molecule has 9 aromatic rings. The molecule has 0 saturated heterocycles. The molecule has 2 aliphatic rings. The Hall–Kier alpha value is -5.86. The summed E-state index contributed by atoms with van der Waals surface area (Å²) in [5, 5.41) is 5.18. The molecular weight excluding hydrogens is 665 g/mol. The van der Waals surface area contributed by atoms with Gasteiger partial charge >= 0.3 is 0 Å². The quantitative estimate of drug-likeness (QED) is 0.173. The Balaban J connectivity index is 1.20. The predicted molar refractivity (Wildman–Crippen MR) is 233 cm³/mol. The van der Waals surface area contributed by atoms with Gasteiger partial charge in [-0.15, -0.1) is 0 Å². The number of nitrogens with zero attached hydrogens (tertiary/aromatic N) is 2. The minimum absolute atomic E-state index is 0.00136. The highest BCUT2D eigenvalue weighted by Gasteiger charge is 2.38. The van der Waals surface area contributed by atoms with Crippen LogP contribution in [0.3, 0.4) is 0 Å². The van der Waals surface area contributed by atoms with Gasteiger partial charge in [0.1, 0.15) is 0 Å². The number of para-hydroxylation sites is 2. The van der Waals surface area contributed by atoms with Gasteiger partial charge in [-0.2, -0.15) is 0 Å². The highest BCUT2D eigenvalue weighted by molar-refractivity contribution is 6.24. The van der Waals surface area contributed by atoms with Crippen LogP contribution in [0.25, 0.3) is 77.2 Å². The van der Waals surface area contributed by atoms with Gasteiger partial charge in [-0.05, 0) is 117 Å². The molecule has 2 heteroatoms. The highest BCUT2D eigenvalue weighted by Crippen LogP contribution is 2.51. The van der Waals surface area contributed by atoms with E-state index < -0.39 is 0 Å². The van der Waals surface area contributed by atoms with Crippen LogP contribution >= 0.6 is 0 Å². The molecule has 0 spiro atoms. The molecule has 0 unspecified atom stereocenters. The van der Waals surface area contributed by atoms with E-state index in [9.17, 15) is 0 Å². The number of benzene rings is 7. The SMILES string of the molecule is CC1(C)CCC(C)(C)c2cc3c(cc21)c1ccc2c4ccccc4n(-c4ccccc4)c2c1n3-c1ccc(-c2ccc3c(c2)-c2ccccc2C3(C)C)cc1. The smallest absolute Gasteiger partial charge is 0.0788 e. The Kier molecular flexibility index (Phi) is 6.58. The van der Waals surface area contributed by atoms with Gasteiger partial charge in [0.25, 0.3) is 0 Å². The molecule has 2 nitrogen and oxygen atoms in total. The van der Waals surface area contributed by atoms with Gasteiger partial charge < -0.3 is 9.13 Å². The van der Waals surface area contributed by atoms with Gasteiger partial charge in [0, 0.05) is 38.3 Å². The monoisotopic (exact) mass is 710 g/mol. The molecule has 11 rings (SSSR count). The average molecular weight is 711 g/mol. The van der Waals surface area contributed by atoms with Gasteiger partial charge in [0.15, 0.2) is 0 Å². The molecule has 0 atom stereocenters. The summed E-state index contributed by atoms with van der Waals surface area (Å²) in [7, 11) is 0. The minimum atomic E-state index is 0.00136. The van der Waals surface area contributed by atoms with E-state index >= 15 is 0 Å². The number of fused-ring (bicyclic) bond motifs is 11. The zero-order valence-corrected chi connectivity index (χ0v) is 32.7. The molecule has 2 aromatic heterocycles. The minimum Gasteiger partial charge on any atom is -0.307 e. The molecule has 7 aromatic carbocycles. The molecule has 55 heavy (non-hydrogen) atoms. The van der Waals surface area contributed by atoms with E-state index in [0.717, 1.165) is 0 Å². The van der Waals surface area contributed by atoms with Crippen LogP contribution in [0, 0.1) is 0 Å². The Morgan fingerprint density at radius 3 is 1.69 bits per heavy atom. The average Bonchev–Trinajstić information content (AvgIpc) is 3.79. The molecule has 2 aliphatic carbocycles. The summed E-state index contributed by atoms with van der Waals surface area (Å²) in [6, 6.07) is 55.1. The van der Waals surface area contributed by atoms with Crippen LogP contribution in [0.15, 0.2) is 146 Å². The van der Waals surface area contributed by atoms with Crippen molar-refractivity contribution in [3.63, 3.8) is 0 Å². The lowest BCUT2D eigenvalue weighted by molar-refractivity contribution is 0.332. The van der Waals surface area contributed by atoms with Crippen molar-refractivity contribution in [3.05, 3.63) is 168 Å². The molecule has 0 fully saturated rings. The summed E-state index contributed by atoms with van der Waals surface area (Å²) < 4.78 is 5.07. The van der Waals surface area contributed by atoms with E-state index in [1.54, 1.807) is 0 Å². The van der Waals surface area contributed by atoms with E-state index in [-0.39, 0.29) is 16.2 Å². The van der Waals surface area contributed by atoms with Crippen LogP contribution < -0.4 is 0 Å². The normalized spacial score (nSPS) is 16.5. The van der Waals surface area contributed by atoms with Gasteiger partial charge in [-0.3, -0.25) is 0 Å². The number of rotatable bonds is 3. The van der Waals surface area contributed by atoms with Crippen molar-refractivity contribution in [2.75, 3.05) is 0 Å². The first-order valence-corrected chi connectivity index (χ1v) is 20.0. The summed E-state index contributed by atoms with van der Waals surface area (Å²) in [6.45, 7) is 14.5. The second kappa shape index (κ2) is 11.1. The van der Waals surface area contributed by atoms with Gasteiger partial charge in [-0.25, -0.2) is 0 Å². The Labute approximate surface area is 323 Å².